The molecule has 0 bridgehead atoms. The minimum atomic E-state index is 0.287. The molecule has 98 valence electrons. The van der Waals surface area contributed by atoms with Crippen LogP contribution in [-0.2, 0) is 17.6 Å². The van der Waals surface area contributed by atoms with E-state index in [4.69, 9.17) is 9.47 Å². The summed E-state index contributed by atoms with van der Waals surface area (Å²) in [5.41, 5.74) is 2.24. The van der Waals surface area contributed by atoms with Crippen LogP contribution >= 0.6 is 0 Å². The van der Waals surface area contributed by atoms with Crippen molar-refractivity contribution >= 4 is 0 Å². The van der Waals surface area contributed by atoms with Crippen LogP contribution in [0.5, 0.6) is 5.88 Å². The molecule has 0 atom stereocenters. The first-order chi connectivity index (χ1) is 8.93. The standard InChI is InChI=1S/C13H19N3O2/c1-5-14-6-2-10(1)18-13-11-3-7-17-8-4-12(11)15-9-16-13/h9-10,14H,1-8H2. The molecular formula is C13H19N3O2. The van der Waals surface area contributed by atoms with E-state index in [-0.39, 0.29) is 6.10 Å². The highest BCUT2D eigenvalue weighted by Gasteiger charge is 2.20. The molecular weight excluding hydrogens is 230 g/mol. The molecule has 2 aliphatic rings. The second-order valence-electron chi connectivity index (χ2n) is 4.78. The predicted molar refractivity (Wildman–Crippen MR) is 66.8 cm³/mol. The van der Waals surface area contributed by atoms with Crippen LogP contribution in [0.1, 0.15) is 24.1 Å². The Morgan fingerprint density at radius 2 is 2.00 bits per heavy atom. The molecule has 3 rings (SSSR count). The quantitative estimate of drug-likeness (QED) is 0.837. The third kappa shape index (κ3) is 2.62. The molecule has 5 heteroatoms. The normalized spacial score (nSPS) is 21.1. The van der Waals surface area contributed by atoms with Crippen molar-refractivity contribution in [3.63, 3.8) is 0 Å². The van der Waals surface area contributed by atoms with Crippen molar-refractivity contribution in [1.82, 2.24) is 15.3 Å². The van der Waals surface area contributed by atoms with Crippen LogP contribution in [0.25, 0.3) is 0 Å². The lowest BCUT2D eigenvalue weighted by molar-refractivity contribution is 0.142. The van der Waals surface area contributed by atoms with E-state index in [1.54, 1.807) is 6.33 Å². The van der Waals surface area contributed by atoms with E-state index in [9.17, 15) is 0 Å². The average Bonchev–Trinajstić information content (AvgIpc) is 2.66. The van der Waals surface area contributed by atoms with Gasteiger partial charge in [-0.15, -0.1) is 0 Å². The molecule has 0 unspecified atom stereocenters. The third-order valence-electron chi connectivity index (χ3n) is 3.54. The first-order valence-electron chi connectivity index (χ1n) is 6.71. The molecule has 5 nitrogen and oxygen atoms in total. The first kappa shape index (κ1) is 11.9. The topological polar surface area (TPSA) is 56.3 Å². The van der Waals surface area contributed by atoms with Crippen LogP contribution in [0.4, 0.5) is 0 Å². The number of nitrogens with zero attached hydrogens (tertiary/aromatic N) is 2. The van der Waals surface area contributed by atoms with Crippen molar-refractivity contribution in [2.24, 2.45) is 0 Å². The maximum Gasteiger partial charge on any atom is 0.220 e. The van der Waals surface area contributed by atoms with Gasteiger partial charge in [0.1, 0.15) is 12.4 Å². The zero-order chi connectivity index (χ0) is 12.2. The Morgan fingerprint density at radius 3 is 2.89 bits per heavy atom. The number of nitrogens with one attached hydrogen (secondary N) is 1. The second-order valence-corrected chi connectivity index (χ2v) is 4.78. The van der Waals surface area contributed by atoms with E-state index >= 15 is 0 Å². The number of piperidine rings is 1. The van der Waals surface area contributed by atoms with E-state index in [1.807, 2.05) is 0 Å². The summed E-state index contributed by atoms with van der Waals surface area (Å²) >= 11 is 0. The van der Waals surface area contributed by atoms with Gasteiger partial charge < -0.3 is 14.8 Å². The second kappa shape index (κ2) is 5.63. The minimum absolute atomic E-state index is 0.287. The summed E-state index contributed by atoms with van der Waals surface area (Å²) in [6.07, 6.45) is 5.72. The lowest BCUT2D eigenvalue weighted by atomic mass is 10.1. The van der Waals surface area contributed by atoms with Crippen LogP contribution in [-0.4, -0.2) is 42.4 Å². The van der Waals surface area contributed by atoms with Gasteiger partial charge in [0.2, 0.25) is 5.88 Å². The summed E-state index contributed by atoms with van der Waals surface area (Å²) in [7, 11) is 0. The summed E-state index contributed by atoms with van der Waals surface area (Å²) in [6, 6.07) is 0. The van der Waals surface area contributed by atoms with Gasteiger partial charge in [0.15, 0.2) is 0 Å². The molecule has 1 aromatic heterocycles. The van der Waals surface area contributed by atoms with Crippen LogP contribution < -0.4 is 10.1 Å². The van der Waals surface area contributed by atoms with Crippen LogP contribution in [0, 0.1) is 0 Å². The molecule has 0 amide bonds. The maximum atomic E-state index is 6.06. The molecule has 2 aliphatic heterocycles. The number of fused-ring (bicyclic) bond motifs is 1. The molecule has 0 spiro atoms. The highest BCUT2D eigenvalue weighted by molar-refractivity contribution is 5.31. The summed E-state index contributed by atoms with van der Waals surface area (Å²) in [6.45, 7) is 3.54. The van der Waals surface area contributed by atoms with Crippen molar-refractivity contribution in [3.8, 4) is 5.88 Å². The highest BCUT2D eigenvalue weighted by Crippen LogP contribution is 2.23. The lowest BCUT2D eigenvalue weighted by Crippen LogP contribution is -2.34. The molecule has 3 heterocycles. The SMILES string of the molecule is c1nc2c(c(OC3CCNCC3)n1)CCOCC2. The van der Waals surface area contributed by atoms with Gasteiger partial charge in [-0.1, -0.05) is 0 Å². The Bertz CT molecular complexity index is 405. The van der Waals surface area contributed by atoms with Gasteiger partial charge in [-0.05, 0) is 25.9 Å². The Balaban J connectivity index is 1.78. The van der Waals surface area contributed by atoms with E-state index in [0.29, 0.717) is 0 Å². The predicted octanol–water partition coefficient (Wildman–Crippen LogP) is 0.723. The number of hydrogen-bond donors (Lipinski definition) is 1. The highest BCUT2D eigenvalue weighted by atomic mass is 16.5. The van der Waals surface area contributed by atoms with E-state index in [2.05, 4.69) is 15.3 Å². The van der Waals surface area contributed by atoms with Crippen molar-refractivity contribution in [2.45, 2.75) is 31.8 Å². The van der Waals surface area contributed by atoms with E-state index in [0.717, 1.165) is 69.1 Å². The summed E-state index contributed by atoms with van der Waals surface area (Å²) < 4.78 is 11.6. The number of ether oxygens (including phenoxy) is 2. The zero-order valence-corrected chi connectivity index (χ0v) is 10.5. The smallest absolute Gasteiger partial charge is 0.220 e. The van der Waals surface area contributed by atoms with E-state index in [1.165, 1.54) is 0 Å². The van der Waals surface area contributed by atoms with Crippen LogP contribution in [0.3, 0.4) is 0 Å². The number of rotatable bonds is 2. The van der Waals surface area contributed by atoms with Crippen LogP contribution in [0.2, 0.25) is 0 Å². The third-order valence-corrected chi connectivity index (χ3v) is 3.54. The van der Waals surface area contributed by atoms with E-state index < -0.39 is 0 Å². The van der Waals surface area contributed by atoms with Crippen molar-refractivity contribution in [3.05, 3.63) is 17.6 Å². The zero-order valence-electron chi connectivity index (χ0n) is 10.5. The Morgan fingerprint density at radius 1 is 1.17 bits per heavy atom. The molecule has 0 aliphatic carbocycles. The van der Waals surface area contributed by atoms with Crippen LogP contribution in [0.15, 0.2) is 6.33 Å². The fraction of sp³-hybridized carbons (Fsp3) is 0.692. The Labute approximate surface area is 107 Å². The van der Waals surface area contributed by atoms with Gasteiger partial charge in [0.25, 0.3) is 0 Å². The van der Waals surface area contributed by atoms with Crippen molar-refractivity contribution < 1.29 is 9.47 Å². The molecule has 0 aromatic carbocycles. The molecule has 1 N–H and O–H groups in total. The summed E-state index contributed by atoms with van der Waals surface area (Å²) in [5.74, 6) is 0.775. The maximum absolute atomic E-state index is 6.06. The Kier molecular flexibility index (Phi) is 3.71. The van der Waals surface area contributed by atoms with Gasteiger partial charge in [-0.2, -0.15) is 0 Å². The fourth-order valence-corrected chi connectivity index (χ4v) is 2.51. The number of hydrogen-bond acceptors (Lipinski definition) is 5. The van der Waals surface area contributed by atoms with Crippen molar-refractivity contribution in [2.75, 3.05) is 26.3 Å². The molecule has 1 fully saturated rings. The van der Waals surface area contributed by atoms with Gasteiger partial charge in [0, 0.05) is 18.4 Å². The van der Waals surface area contributed by atoms with Gasteiger partial charge >= 0.3 is 0 Å². The van der Waals surface area contributed by atoms with Crippen molar-refractivity contribution in [1.29, 1.82) is 0 Å². The summed E-state index contributed by atoms with van der Waals surface area (Å²) in [5, 5.41) is 3.34. The Hall–Kier alpha value is -1.20. The molecule has 0 saturated carbocycles. The lowest BCUT2D eigenvalue weighted by Gasteiger charge is -2.24. The van der Waals surface area contributed by atoms with Gasteiger partial charge in [-0.3, -0.25) is 0 Å². The summed E-state index contributed by atoms with van der Waals surface area (Å²) in [4.78, 5) is 8.67. The minimum Gasteiger partial charge on any atom is -0.474 e. The van der Waals surface area contributed by atoms with Gasteiger partial charge in [-0.25, -0.2) is 9.97 Å². The molecule has 18 heavy (non-hydrogen) atoms. The average molecular weight is 249 g/mol. The molecule has 1 aromatic rings. The largest absolute Gasteiger partial charge is 0.474 e. The molecule has 1 saturated heterocycles. The monoisotopic (exact) mass is 249 g/mol. The first-order valence-corrected chi connectivity index (χ1v) is 6.71. The van der Waals surface area contributed by atoms with Gasteiger partial charge in [0.05, 0.1) is 18.9 Å². The fourth-order valence-electron chi connectivity index (χ4n) is 2.51. The number of aromatic nitrogens is 2. The molecule has 0 radical (unpaired) electrons.